The fraction of sp³-hybridized carbons (Fsp3) is 0.400. The number of phenols is 4. The molecule has 5 N–H and O–H groups in total. The predicted octanol–water partition coefficient (Wildman–Crippen LogP) is 7.16. The van der Waals surface area contributed by atoms with Crippen LogP contribution in [0.15, 0.2) is 103 Å². The Morgan fingerprint density at radius 3 is 1.82 bits per heavy atom. The van der Waals surface area contributed by atoms with Gasteiger partial charge in [-0.3, -0.25) is 9.36 Å². The molecule has 0 saturated carbocycles. The summed E-state index contributed by atoms with van der Waals surface area (Å²) < 4.78 is 3.42. The van der Waals surface area contributed by atoms with E-state index in [2.05, 4.69) is 52.9 Å². The maximum atomic E-state index is 10.6. The molecule has 2 aromatic carbocycles. The molecule has 0 bridgehead atoms. The molecule has 2 aliphatic rings. The predicted molar refractivity (Wildman–Crippen MR) is 198 cm³/mol. The Labute approximate surface area is 300 Å². The Hall–Kier alpha value is -5.16. The molecule has 2 aromatic heterocycles. The van der Waals surface area contributed by atoms with Crippen LogP contribution in [0.2, 0.25) is 0 Å². The van der Waals surface area contributed by atoms with Crippen LogP contribution >= 0.6 is 0 Å². The number of aromatic hydroxyl groups is 4. The summed E-state index contributed by atoms with van der Waals surface area (Å²) in [7, 11) is 0. The van der Waals surface area contributed by atoms with Gasteiger partial charge in [0, 0.05) is 43.0 Å². The summed E-state index contributed by atoms with van der Waals surface area (Å²) >= 11 is 0. The number of rotatable bonds is 9. The summed E-state index contributed by atoms with van der Waals surface area (Å²) in [5, 5.41) is 64.5. The molecule has 11 heteroatoms. The fourth-order valence-corrected chi connectivity index (χ4v) is 6.43. The molecule has 4 atom stereocenters. The Morgan fingerprint density at radius 2 is 1.37 bits per heavy atom. The highest BCUT2D eigenvalue weighted by Crippen LogP contribution is 2.46. The van der Waals surface area contributed by atoms with Gasteiger partial charge in [-0.1, -0.05) is 58.5 Å². The van der Waals surface area contributed by atoms with Crippen LogP contribution in [-0.2, 0) is 25.9 Å². The zero-order valence-electron chi connectivity index (χ0n) is 30.2. The quantitative estimate of drug-likeness (QED) is 0.114. The number of benzene rings is 2. The number of allylic oxidation sites excluding steroid dienone is 5. The molecule has 51 heavy (non-hydrogen) atoms. The van der Waals surface area contributed by atoms with Crippen LogP contribution in [0, 0.1) is 11.8 Å². The second-order valence-electron chi connectivity index (χ2n) is 14.0. The molecule has 6 rings (SSSR count). The minimum Gasteiger partial charge on any atom is -0.508 e. The summed E-state index contributed by atoms with van der Waals surface area (Å²) in [5.41, 5.74) is 5.33. The lowest BCUT2D eigenvalue weighted by atomic mass is 9.73. The number of hydrogen-bond donors (Lipinski definition) is 5. The van der Waals surface area contributed by atoms with Gasteiger partial charge in [0.25, 0.3) is 0 Å². The summed E-state index contributed by atoms with van der Waals surface area (Å²) in [5.74, 6) is 1.13. The molecular weight excluding hydrogens is 644 g/mol. The van der Waals surface area contributed by atoms with E-state index in [-0.39, 0.29) is 34.8 Å². The van der Waals surface area contributed by atoms with Crippen LogP contribution in [-0.4, -0.2) is 61.1 Å². The van der Waals surface area contributed by atoms with Crippen molar-refractivity contribution in [3.05, 3.63) is 120 Å². The Bertz CT molecular complexity index is 1770. The SMILES string of the molecule is C=C(C)[C@@H]1CCC(C)=CC1c1c(O)cc(CCn2ccnn2)cc1O.C=C(C)[C@H]1C=C[C@@](C)(O)CC1.Oc1cc(O)cc(CCn2ccnn2)c1. The molecule has 0 saturated heterocycles. The van der Waals surface area contributed by atoms with Crippen molar-refractivity contribution < 1.29 is 25.5 Å². The number of phenolic OH excluding ortho intramolecular Hbond substituents is 4. The van der Waals surface area contributed by atoms with Crippen LogP contribution in [0.25, 0.3) is 0 Å². The first kappa shape index (κ1) is 38.6. The standard InChI is InChI=1S/C20H25N3O2.C10H11N3O2.C10H16O/c1-13(2)16-5-4-14(3)10-17(16)20-18(24)11-15(12-19(20)25)6-8-23-9-7-21-22-23;14-9-5-8(6-10(15)7-9)1-3-13-4-2-11-12-13;1-8(2)9-4-6-10(3,11)7-5-9/h7,9-12,16-17,24-25H,1,4-6,8H2,2-3H3;2,4-7,14-15H,1,3H2;4,6,9,11H,1,5,7H2,2-3H3/t16-,17?;;9-,10+/m0.0/s1. The lowest BCUT2D eigenvalue weighted by molar-refractivity contribution is 0.0903. The van der Waals surface area contributed by atoms with Crippen LogP contribution in [0.3, 0.4) is 0 Å². The first-order valence-corrected chi connectivity index (χ1v) is 17.4. The highest BCUT2D eigenvalue weighted by molar-refractivity contribution is 5.52. The lowest BCUT2D eigenvalue weighted by Gasteiger charge is -2.31. The van der Waals surface area contributed by atoms with Crippen LogP contribution < -0.4 is 0 Å². The largest absolute Gasteiger partial charge is 0.508 e. The average Bonchev–Trinajstić information content (AvgIpc) is 3.78. The third kappa shape index (κ3) is 11.7. The average molecular weight is 697 g/mol. The van der Waals surface area contributed by atoms with Gasteiger partial charge in [0.05, 0.1) is 18.0 Å². The van der Waals surface area contributed by atoms with E-state index in [0.29, 0.717) is 37.4 Å². The van der Waals surface area contributed by atoms with Crippen molar-refractivity contribution in [2.24, 2.45) is 11.8 Å². The maximum Gasteiger partial charge on any atom is 0.123 e. The van der Waals surface area contributed by atoms with E-state index in [1.54, 1.807) is 58.4 Å². The number of nitrogens with zero attached hydrogens (tertiary/aromatic N) is 6. The summed E-state index contributed by atoms with van der Waals surface area (Å²) in [4.78, 5) is 0. The number of aromatic nitrogens is 6. The number of hydrogen-bond acceptors (Lipinski definition) is 9. The van der Waals surface area contributed by atoms with E-state index >= 15 is 0 Å². The second kappa shape index (κ2) is 17.7. The van der Waals surface area contributed by atoms with Gasteiger partial charge in [-0.15, -0.1) is 10.2 Å². The molecule has 0 aliphatic heterocycles. The molecule has 0 amide bonds. The molecule has 0 fully saturated rings. The molecule has 272 valence electrons. The lowest BCUT2D eigenvalue weighted by Crippen LogP contribution is -2.25. The topological polar surface area (TPSA) is 163 Å². The first-order valence-electron chi connectivity index (χ1n) is 17.4. The van der Waals surface area contributed by atoms with E-state index in [1.807, 2.05) is 26.8 Å². The van der Waals surface area contributed by atoms with Crippen LogP contribution in [0.1, 0.15) is 76.0 Å². The molecule has 1 unspecified atom stereocenters. The van der Waals surface area contributed by atoms with Gasteiger partial charge < -0.3 is 25.5 Å². The third-order valence-electron chi connectivity index (χ3n) is 9.36. The Balaban J connectivity index is 0.000000190. The van der Waals surface area contributed by atoms with E-state index < -0.39 is 5.60 Å². The van der Waals surface area contributed by atoms with E-state index in [9.17, 15) is 25.5 Å². The molecule has 0 spiro atoms. The highest BCUT2D eigenvalue weighted by atomic mass is 16.3. The third-order valence-corrected chi connectivity index (χ3v) is 9.36. The van der Waals surface area contributed by atoms with E-state index in [0.717, 1.165) is 42.4 Å². The first-order chi connectivity index (χ1) is 24.2. The summed E-state index contributed by atoms with van der Waals surface area (Å²) in [6, 6.07) is 8.05. The number of aliphatic hydroxyl groups is 1. The maximum absolute atomic E-state index is 10.6. The van der Waals surface area contributed by atoms with Crippen molar-refractivity contribution in [2.75, 3.05) is 0 Å². The molecule has 11 nitrogen and oxygen atoms in total. The van der Waals surface area contributed by atoms with Crippen molar-refractivity contribution in [1.82, 2.24) is 30.0 Å². The van der Waals surface area contributed by atoms with E-state index in [1.165, 1.54) is 17.2 Å². The number of aryl methyl sites for hydroxylation is 4. The van der Waals surface area contributed by atoms with Gasteiger partial charge in [-0.2, -0.15) is 0 Å². The highest BCUT2D eigenvalue weighted by Gasteiger charge is 2.30. The second-order valence-corrected chi connectivity index (χ2v) is 14.0. The van der Waals surface area contributed by atoms with E-state index in [4.69, 9.17) is 0 Å². The molecule has 4 aromatic rings. The Morgan fingerprint density at radius 1 is 0.824 bits per heavy atom. The Kier molecular flexibility index (Phi) is 13.4. The molecule has 2 heterocycles. The normalized spacial score (nSPS) is 21.0. The molecule has 0 radical (unpaired) electrons. The van der Waals surface area contributed by atoms with Gasteiger partial charge >= 0.3 is 0 Å². The minimum absolute atomic E-state index is 0.0318. The van der Waals surface area contributed by atoms with Crippen molar-refractivity contribution in [1.29, 1.82) is 0 Å². The van der Waals surface area contributed by atoms with Crippen molar-refractivity contribution in [3.8, 4) is 23.0 Å². The smallest absolute Gasteiger partial charge is 0.123 e. The zero-order valence-corrected chi connectivity index (χ0v) is 30.2. The minimum atomic E-state index is -0.577. The van der Waals surface area contributed by atoms with Gasteiger partial charge in [-0.05, 0) is 113 Å². The van der Waals surface area contributed by atoms with Crippen LogP contribution in [0.4, 0.5) is 0 Å². The monoisotopic (exact) mass is 696 g/mol. The summed E-state index contributed by atoms with van der Waals surface area (Å²) in [6.07, 6.45) is 18.2. The van der Waals surface area contributed by atoms with Crippen molar-refractivity contribution in [3.63, 3.8) is 0 Å². The van der Waals surface area contributed by atoms with Crippen LogP contribution in [0.5, 0.6) is 23.0 Å². The van der Waals surface area contributed by atoms with Gasteiger partial charge in [0.2, 0.25) is 0 Å². The molecule has 2 aliphatic carbocycles. The zero-order chi connectivity index (χ0) is 37.1. The van der Waals surface area contributed by atoms with Crippen molar-refractivity contribution >= 4 is 0 Å². The van der Waals surface area contributed by atoms with Gasteiger partial charge in [0.1, 0.15) is 23.0 Å². The van der Waals surface area contributed by atoms with Gasteiger partial charge in [0.15, 0.2) is 0 Å². The molecular formula is C40H52N6O5. The van der Waals surface area contributed by atoms with Gasteiger partial charge in [-0.25, -0.2) is 0 Å². The summed E-state index contributed by atoms with van der Waals surface area (Å²) in [6.45, 7) is 17.3. The fourth-order valence-electron chi connectivity index (χ4n) is 6.43. The van der Waals surface area contributed by atoms with Crippen molar-refractivity contribution in [2.45, 2.75) is 90.8 Å².